The molecule has 19 heavy (non-hydrogen) atoms. The Morgan fingerprint density at radius 1 is 1.16 bits per heavy atom. The normalized spacial score (nSPS) is 11.2. The standard InChI is InChI=1S/C12H14N4O2S/c1-2-9-3-5-10(6-4-9)16-19(17,18)11-7-14-12(13)15-8-11/h3-8,16H,2H2,1H3,(H2,13,14,15). The zero-order valence-electron chi connectivity index (χ0n) is 10.4. The highest BCUT2D eigenvalue weighted by Crippen LogP contribution is 2.15. The highest BCUT2D eigenvalue weighted by Gasteiger charge is 2.15. The number of rotatable bonds is 4. The number of aromatic nitrogens is 2. The van der Waals surface area contributed by atoms with E-state index in [1.165, 1.54) is 12.4 Å². The third-order valence-corrected chi connectivity index (χ3v) is 3.91. The van der Waals surface area contributed by atoms with Crippen LogP contribution in [-0.2, 0) is 16.4 Å². The molecule has 0 spiro atoms. The Labute approximate surface area is 111 Å². The lowest BCUT2D eigenvalue weighted by atomic mass is 10.2. The molecule has 0 amide bonds. The average molecular weight is 278 g/mol. The van der Waals surface area contributed by atoms with Crippen molar-refractivity contribution >= 4 is 21.7 Å². The van der Waals surface area contributed by atoms with Crippen molar-refractivity contribution < 1.29 is 8.42 Å². The summed E-state index contributed by atoms with van der Waals surface area (Å²) in [6.45, 7) is 2.03. The van der Waals surface area contributed by atoms with E-state index in [1.54, 1.807) is 12.1 Å². The topological polar surface area (TPSA) is 98.0 Å². The van der Waals surface area contributed by atoms with Crippen LogP contribution < -0.4 is 10.5 Å². The van der Waals surface area contributed by atoms with Crippen molar-refractivity contribution in [3.05, 3.63) is 42.2 Å². The highest BCUT2D eigenvalue weighted by atomic mass is 32.2. The van der Waals surface area contributed by atoms with E-state index >= 15 is 0 Å². The number of nitrogens with one attached hydrogen (secondary N) is 1. The van der Waals surface area contributed by atoms with Gasteiger partial charge in [-0.25, -0.2) is 18.4 Å². The number of hydrogen-bond donors (Lipinski definition) is 2. The van der Waals surface area contributed by atoms with E-state index in [2.05, 4.69) is 14.7 Å². The van der Waals surface area contributed by atoms with E-state index in [4.69, 9.17) is 5.73 Å². The summed E-state index contributed by atoms with van der Waals surface area (Å²) in [6, 6.07) is 7.18. The summed E-state index contributed by atoms with van der Waals surface area (Å²) < 4.78 is 26.5. The molecule has 0 aliphatic carbocycles. The number of hydrogen-bond acceptors (Lipinski definition) is 5. The Bertz CT molecular complexity index is 651. The molecule has 0 aliphatic heterocycles. The molecule has 1 aromatic carbocycles. The molecule has 3 N–H and O–H groups in total. The Hall–Kier alpha value is -2.15. The first-order valence-corrected chi connectivity index (χ1v) is 7.19. The number of anilines is 2. The van der Waals surface area contributed by atoms with Crippen molar-refractivity contribution in [3.8, 4) is 0 Å². The van der Waals surface area contributed by atoms with Crippen molar-refractivity contribution in [1.82, 2.24) is 9.97 Å². The molecule has 0 saturated carbocycles. The lowest BCUT2D eigenvalue weighted by molar-refractivity contribution is 0.600. The molecule has 100 valence electrons. The molecule has 0 bridgehead atoms. The van der Waals surface area contributed by atoms with E-state index in [0.29, 0.717) is 5.69 Å². The van der Waals surface area contributed by atoms with Gasteiger partial charge >= 0.3 is 0 Å². The van der Waals surface area contributed by atoms with Gasteiger partial charge in [0.25, 0.3) is 10.0 Å². The zero-order chi connectivity index (χ0) is 13.9. The number of nitrogen functional groups attached to an aromatic ring is 1. The maximum Gasteiger partial charge on any atom is 0.264 e. The van der Waals surface area contributed by atoms with Crippen molar-refractivity contribution in [3.63, 3.8) is 0 Å². The van der Waals surface area contributed by atoms with Gasteiger partial charge in [-0.2, -0.15) is 0 Å². The third kappa shape index (κ3) is 3.19. The third-order valence-electron chi connectivity index (χ3n) is 2.57. The van der Waals surface area contributed by atoms with Crippen molar-refractivity contribution in [2.45, 2.75) is 18.2 Å². The highest BCUT2D eigenvalue weighted by molar-refractivity contribution is 7.92. The largest absolute Gasteiger partial charge is 0.368 e. The second-order valence-corrected chi connectivity index (χ2v) is 5.62. The summed E-state index contributed by atoms with van der Waals surface area (Å²) >= 11 is 0. The Morgan fingerprint density at radius 2 is 1.74 bits per heavy atom. The Kier molecular flexibility index (Phi) is 3.66. The first-order chi connectivity index (χ1) is 9.01. The number of nitrogens with zero attached hydrogens (tertiary/aromatic N) is 2. The minimum Gasteiger partial charge on any atom is -0.368 e. The number of nitrogens with two attached hydrogens (primary N) is 1. The SMILES string of the molecule is CCc1ccc(NS(=O)(=O)c2cnc(N)nc2)cc1. The summed E-state index contributed by atoms with van der Waals surface area (Å²) in [7, 11) is -3.68. The Morgan fingerprint density at radius 3 is 2.26 bits per heavy atom. The molecule has 0 fully saturated rings. The monoisotopic (exact) mass is 278 g/mol. The van der Waals surface area contributed by atoms with Crippen molar-refractivity contribution in [1.29, 1.82) is 0 Å². The molecular formula is C12H14N4O2S. The predicted molar refractivity (Wildman–Crippen MR) is 73.1 cm³/mol. The summed E-state index contributed by atoms with van der Waals surface area (Å²) in [5, 5.41) is 0. The van der Waals surface area contributed by atoms with Crippen LogP contribution in [0.1, 0.15) is 12.5 Å². The van der Waals surface area contributed by atoms with Gasteiger partial charge in [0.05, 0.1) is 12.4 Å². The van der Waals surface area contributed by atoms with Gasteiger partial charge in [0.15, 0.2) is 0 Å². The lowest BCUT2D eigenvalue weighted by Crippen LogP contribution is -2.14. The molecule has 0 saturated heterocycles. The van der Waals surface area contributed by atoms with Crippen LogP contribution in [-0.4, -0.2) is 18.4 Å². The van der Waals surface area contributed by atoms with Gasteiger partial charge in [0.1, 0.15) is 4.90 Å². The first-order valence-electron chi connectivity index (χ1n) is 5.70. The van der Waals surface area contributed by atoms with Gasteiger partial charge in [-0.1, -0.05) is 19.1 Å². The number of aryl methyl sites for hydroxylation is 1. The molecule has 1 aromatic heterocycles. The van der Waals surface area contributed by atoms with E-state index < -0.39 is 10.0 Å². The zero-order valence-corrected chi connectivity index (χ0v) is 11.2. The smallest absolute Gasteiger partial charge is 0.264 e. The molecule has 6 nitrogen and oxygen atoms in total. The van der Waals surface area contributed by atoms with Gasteiger partial charge in [-0.05, 0) is 24.1 Å². The molecule has 7 heteroatoms. The van der Waals surface area contributed by atoms with Gasteiger partial charge in [0.2, 0.25) is 5.95 Å². The molecule has 0 aliphatic rings. The van der Waals surface area contributed by atoms with Gasteiger partial charge < -0.3 is 5.73 Å². The molecule has 0 radical (unpaired) electrons. The first kappa shape index (κ1) is 13.3. The summed E-state index contributed by atoms with van der Waals surface area (Å²) in [5.41, 5.74) is 6.95. The van der Waals surface area contributed by atoms with Crippen LogP contribution in [0.15, 0.2) is 41.6 Å². The molecule has 0 unspecified atom stereocenters. The van der Waals surface area contributed by atoms with E-state index in [1.807, 2.05) is 19.1 Å². The minimum atomic E-state index is -3.68. The summed E-state index contributed by atoms with van der Waals surface area (Å²) in [6.07, 6.45) is 3.25. The van der Waals surface area contributed by atoms with Crippen LogP contribution in [0.5, 0.6) is 0 Å². The minimum absolute atomic E-state index is 0.0266. The van der Waals surface area contributed by atoms with Gasteiger partial charge in [-0.3, -0.25) is 4.72 Å². The second kappa shape index (κ2) is 5.23. The van der Waals surface area contributed by atoms with Crippen molar-refractivity contribution in [2.24, 2.45) is 0 Å². The van der Waals surface area contributed by atoms with E-state index in [9.17, 15) is 8.42 Å². The van der Waals surface area contributed by atoms with Crippen LogP contribution in [0.25, 0.3) is 0 Å². The maximum atomic E-state index is 12.0. The van der Waals surface area contributed by atoms with Crippen LogP contribution in [0, 0.1) is 0 Å². The van der Waals surface area contributed by atoms with Crippen LogP contribution in [0.2, 0.25) is 0 Å². The Balaban J connectivity index is 2.23. The summed E-state index contributed by atoms with van der Waals surface area (Å²) in [4.78, 5) is 7.30. The summed E-state index contributed by atoms with van der Waals surface area (Å²) in [5.74, 6) is 0.0336. The number of sulfonamides is 1. The van der Waals surface area contributed by atoms with Gasteiger partial charge in [-0.15, -0.1) is 0 Å². The van der Waals surface area contributed by atoms with Crippen LogP contribution in [0.3, 0.4) is 0 Å². The average Bonchev–Trinajstić information content (AvgIpc) is 2.40. The lowest BCUT2D eigenvalue weighted by Gasteiger charge is -2.08. The van der Waals surface area contributed by atoms with Crippen molar-refractivity contribution in [2.75, 3.05) is 10.5 Å². The molecule has 0 atom stereocenters. The molecule has 2 aromatic rings. The quantitative estimate of drug-likeness (QED) is 0.881. The second-order valence-electron chi connectivity index (χ2n) is 3.93. The van der Waals surface area contributed by atoms with Gasteiger partial charge in [0, 0.05) is 5.69 Å². The fourth-order valence-corrected chi connectivity index (χ4v) is 2.43. The predicted octanol–water partition coefficient (Wildman–Crippen LogP) is 1.42. The van der Waals surface area contributed by atoms with E-state index in [-0.39, 0.29) is 10.8 Å². The maximum absolute atomic E-state index is 12.0. The fourth-order valence-electron chi connectivity index (χ4n) is 1.49. The molecule has 1 heterocycles. The van der Waals surface area contributed by atoms with E-state index in [0.717, 1.165) is 12.0 Å². The fraction of sp³-hybridized carbons (Fsp3) is 0.167. The number of benzene rings is 1. The van der Waals surface area contributed by atoms with Crippen LogP contribution >= 0.6 is 0 Å². The molecular weight excluding hydrogens is 264 g/mol. The van der Waals surface area contributed by atoms with Crippen LogP contribution in [0.4, 0.5) is 11.6 Å². The molecule has 2 rings (SSSR count).